The molecule has 1 aromatic carbocycles. The average Bonchev–Trinajstić information content (AvgIpc) is 3.00. The van der Waals surface area contributed by atoms with Gasteiger partial charge in [-0.05, 0) is 55.8 Å². The molecule has 1 aromatic heterocycles. The molecule has 0 radical (unpaired) electrons. The summed E-state index contributed by atoms with van der Waals surface area (Å²) in [6, 6.07) is 9.55. The van der Waals surface area contributed by atoms with Crippen molar-refractivity contribution in [1.29, 1.82) is 0 Å². The SMILES string of the molecule is O=C1C(c2cccnc2)=Cc2ccc(OCCN3CCCCC3)cc21. The summed E-state index contributed by atoms with van der Waals surface area (Å²) in [5.41, 5.74) is 3.23. The third-order valence-electron chi connectivity index (χ3n) is 4.91. The quantitative estimate of drug-likeness (QED) is 0.836. The van der Waals surface area contributed by atoms with Crippen molar-refractivity contribution < 1.29 is 9.53 Å². The van der Waals surface area contributed by atoms with Gasteiger partial charge in [0.05, 0.1) is 0 Å². The number of piperidine rings is 1. The fourth-order valence-corrected chi connectivity index (χ4v) is 3.53. The summed E-state index contributed by atoms with van der Waals surface area (Å²) < 4.78 is 5.89. The second kappa shape index (κ2) is 7.19. The number of Topliss-reactive ketones (excluding diaryl/α,β-unsaturated/α-hetero) is 1. The monoisotopic (exact) mass is 334 g/mol. The Labute approximate surface area is 148 Å². The molecule has 1 aliphatic heterocycles. The van der Waals surface area contributed by atoms with Gasteiger partial charge in [-0.15, -0.1) is 0 Å². The van der Waals surface area contributed by atoms with Gasteiger partial charge in [0.15, 0.2) is 5.78 Å². The minimum absolute atomic E-state index is 0.0458. The van der Waals surface area contributed by atoms with Crippen molar-refractivity contribution >= 4 is 17.4 Å². The van der Waals surface area contributed by atoms with E-state index in [4.69, 9.17) is 4.74 Å². The molecule has 2 heterocycles. The lowest BCUT2D eigenvalue weighted by Gasteiger charge is -2.26. The second-order valence-corrected chi connectivity index (χ2v) is 6.63. The Balaban J connectivity index is 1.41. The van der Waals surface area contributed by atoms with E-state index in [-0.39, 0.29) is 5.78 Å². The van der Waals surface area contributed by atoms with Crippen LogP contribution in [0.2, 0.25) is 0 Å². The van der Waals surface area contributed by atoms with Crippen molar-refractivity contribution in [2.24, 2.45) is 0 Å². The molecule has 4 heteroatoms. The van der Waals surface area contributed by atoms with Crippen molar-refractivity contribution in [3.8, 4) is 5.75 Å². The van der Waals surface area contributed by atoms with Crippen LogP contribution in [0.1, 0.15) is 40.7 Å². The molecule has 128 valence electrons. The summed E-state index contributed by atoms with van der Waals surface area (Å²) in [4.78, 5) is 19.3. The van der Waals surface area contributed by atoms with E-state index in [1.54, 1.807) is 12.4 Å². The number of ether oxygens (including phenoxy) is 1. The van der Waals surface area contributed by atoms with Gasteiger partial charge in [-0.3, -0.25) is 14.7 Å². The van der Waals surface area contributed by atoms with Crippen LogP contribution in [-0.2, 0) is 0 Å². The highest BCUT2D eigenvalue weighted by Crippen LogP contribution is 2.33. The third kappa shape index (κ3) is 3.49. The highest BCUT2D eigenvalue weighted by Gasteiger charge is 2.24. The van der Waals surface area contributed by atoms with E-state index in [0.717, 1.165) is 23.4 Å². The third-order valence-corrected chi connectivity index (χ3v) is 4.91. The summed E-state index contributed by atoms with van der Waals surface area (Å²) in [7, 11) is 0. The fraction of sp³-hybridized carbons (Fsp3) is 0.333. The number of carbonyl (C=O) groups excluding carboxylic acids is 1. The van der Waals surface area contributed by atoms with Crippen LogP contribution < -0.4 is 4.74 Å². The summed E-state index contributed by atoms with van der Waals surface area (Å²) in [5.74, 6) is 0.814. The van der Waals surface area contributed by atoms with Crippen LogP contribution in [0.25, 0.3) is 11.6 Å². The highest BCUT2D eigenvalue weighted by molar-refractivity contribution is 6.37. The Hall–Kier alpha value is -2.46. The topological polar surface area (TPSA) is 42.4 Å². The molecule has 1 aliphatic carbocycles. The molecular weight excluding hydrogens is 312 g/mol. The lowest BCUT2D eigenvalue weighted by molar-refractivity contribution is 0.105. The van der Waals surface area contributed by atoms with Crippen LogP contribution >= 0.6 is 0 Å². The minimum atomic E-state index is 0.0458. The van der Waals surface area contributed by atoms with Gasteiger partial charge in [0.2, 0.25) is 0 Å². The van der Waals surface area contributed by atoms with Crippen molar-refractivity contribution in [1.82, 2.24) is 9.88 Å². The van der Waals surface area contributed by atoms with Gasteiger partial charge in [-0.1, -0.05) is 18.6 Å². The number of ketones is 1. The number of allylic oxidation sites excluding steroid dienone is 1. The second-order valence-electron chi connectivity index (χ2n) is 6.63. The first-order valence-electron chi connectivity index (χ1n) is 8.97. The highest BCUT2D eigenvalue weighted by atomic mass is 16.5. The van der Waals surface area contributed by atoms with Crippen LogP contribution in [0.5, 0.6) is 5.75 Å². The number of aromatic nitrogens is 1. The summed E-state index contributed by atoms with van der Waals surface area (Å²) in [6.07, 6.45) is 9.30. The van der Waals surface area contributed by atoms with Crippen LogP contribution in [0.4, 0.5) is 0 Å². The molecule has 2 aromatic rings. The Kier molecular flexibility index (Phi) is 4.61. The summed E-state index contributed by atoms with van der Waals surface area (Å²) in [5, 5.41) is 0. The molecule has 0 atom stereocenters. The molecule has 1 saturated heterocycles. The van der Waals surface area contributed by atoms with E-state index < -0.39 is 0 Å². The number of hydrogen-bond acceptors (Lipinski definition) is 4. The largest absolute Gasteiger partial charge is 0.492 e. The van der Waals surface area contributed by atoms with Crippen LogP contribution in [0, 0.1) is 0 Å². The Morgan fingerprint density at radius 3 is 2.80 bits per heavy atom. The number of carbonyl (C=O) groups is 1. The molecule has 0 saturated carbocycles. The van der Waals surface area contributed by atoms with Crippen molar-refractivity contribution in [2.45, 2.75) is 19.3 Å². The zero-order chi connectivity index (χ0) is 17.1. The smallest absolute Gasteiger partial charge is 0.194 e. The van der Waals surface area contributed by atoms with E-state index in [9.17, 15) is 4.79 Å². The Morgan fingerprint density at radius 2 is 2.00 bits per heavy atom. The zero-order valence-electron chi connectivity index (χ0n) is 14.3. The van der Waals surface area contributed by atoms with Crippen LogP contribution in [0.15, 0.2) is 42.7 Å². The standard InChI is InChI=1S/C21H22N2O2/c24-21-19(17-5-4-8-22-15-17)13-16-6-7-18(14-20(16)21)25-12-11-23-9-2-1-3-10-23/h4-8,13-15H,1-3,9-12H2. The van der Waals surface area contributed by atoms with Crippen LogP contribution in [0.3, 0.4) is 0 Å². The number of hydrogen-bond donors (Lipinski definition) is 0. The van der Waals surface area contributed by atoms with Crippen molar-refractivity contribution in [2.75, 3.05) is 26.2 Å². The van der Waals surface area contributed by atoms with E-state index in [2.05, 4.69) is 9.88 Å². The van der Waals surface area contributed by atoms with E-state index in [1.807, 2.05) is 36.4 Å². The molecule has 4 rings (SSSR count). The number of benzene rings is 1. The molecule has 0 spiro atoms. The Bertz CT molecular complexity index is 793. The van der Waals surface area contributed by atoms with Crippen molar-refractivity contribution in [3.63, 3.8) is 0 Å². The molecule has 0 bridgehead atoms. The van der Waals surface area contributed by atoms with Gasteiger partial charge in [0.25, 0.3) is 0 Å². The number of likely N-dealkylation sites (tertiary alicyclic amines) is 1. The maximum absolute atomic E-state index is 12.7. The number of fused-ring (bicyclic) bond motifs is 1. The van der Waals surface area contributed by atoms with E-state index in [0.29, 0.717) is 17.7 Å². The number of nitrogens with zero attached hydrogens (tertiary/aromatic N) is 2. The van der Waals surface area contributed by atoms with Gasteiger partial charge in [-0.25, -0.2) is 0 Å². The lowest BCUT2D eigenvalue weighted by Crippen LogP contribution is -2.33. The number of rotatable bonds is 5. The normalized spacial score (nSPS) is 17.3. The molecule has 2 aliphatic rings. The van der Waals surface area contributed by atoms with Gasteiger partial charge < -0.3 is 4.74 Å². The maximum Gasteiger partial charge on any atom is 0.194 e. The first-order valence-corrected chi connectivity index (χ1v) is 8.97. The first kappa shape index (κ1) is 16.0. The molecule has 4 nitrogen and oxygen atoms in total. The molecule has 0 N–H and O–H groups in total. The van der Waals surface area contributed by atoms with Crippen molar-refractivity contribution in [3.05, 3.63) is 59.4 Å². The van der Waals surface area contributed by atoms with Gasteiger partial charge >= 0.3 is 0 Å². The first-order chi connectivity index (χ1) is 12.3. The molecule has 0 unspecified atom stereocenters. The number of pyridine rings is 1. The maximum atomic E-state index is 12.7. The van der Waals surface area contributed by atoms with E-state index >= 15 is 0 Å². The predicted octanol–water partition coefficient (Wildman–Crippen LogP) is 3.68. The van der Waals surface area contributed by atoms with Gasteiger partial charge in [-0.2, -0.15) is 0 Å². The fourth-order valence-electron chi connectivity index (χ4n) is 3.53. The lowest BCUT2D eigenvalue weighted by atomic mass is 10.0. The molecule has 25 heavy (non-hydrogen) atoms. The molecule has 1 fully saturated rings. The predicted molar refractivity (Wildman–Crippen MR) is 98.7 cm³/mol. The van der Waals surface area contributed by atoms with E-state index in [1.165, 1.54) is 32.4 Å². The molecular formula is C21H22N2O2. The zero-order valence-corrected chi connectivity index (χ0v) is 14.3. The van der Waals surface area contributed by atoms with Gasteiger partial charge in [0.1, 0.15) is 12.4 Å². The summed E-state index contributed by atoms with van der Waals surface area (Å²) >= 11 is 0. The van der Waals surface area contributed by atoms with Crippen LogP contribution in [-0.4, -0.2) is 41.9 Å². The van der Waals surface area contributed by atoms with Gasteiger partial charge in [0, 0.05) is 35.6 Å². The summed E-state index contributed by atoms with van der Waals surface area (Å²) in [6.45, 7) is 3.95. The average molecular weight is 334 g/mol. The minimum Gasteiger partial charge on any atom is -0.492 e. The Morgan fingerprint density at radius 1 is 1.12 bits per heavy atom. The molecule has 0 amide bonds.